The summed E-state index contributed by atoms with van der Waals surface area (Å²) < 4.78 is 35.8. The molecule has 1 aliphatic heterocycles. The van der Waals surface area contributed by atoms with E-state index in [1.54, 1.807) is 24.1 Å². The molecule has 25 heavy (non-hydrogen) atoms. The van der Waals surface area contributed by atoms with Gasteiger partial charge in [-0.2, -0.15) is 0 Å². The predicted molar refractivity (Wildman–Crippen MR) is 94.4 cm³/mol. The maximum absolute atomic E-state index is 12.9. The van der Waals surface area contributed by atoms with Crippen LogP contribution in [0.3, 0.4) is 0 Å². The number of rotatable bonds is 3. The number of benzene rings is 1. The number of ether oxygens (including phenoxy) is 1. The van der Waals surface area contributed by atoms with E-state index in [1.165, 1.54) is 10.6 Å². The third-order valence-corrected chi connectivity index (χ3v) is 5.85. The molecule has 0 saturated carbocycles. The van der Waals surface area contributed by atoms with Crippen LogP contribution in [-0.2, 0) is 10.0 Å². The number of nitrogens with zero attached hydrogens (tertiary/aromatic N) is 2. The van der Waals surface area contributed by atoms with Gasteiger partial charge in [-0.05, 0) is 31.5 Å². The molecule has 8 heteroatoms. The van der Waals surface area contributed by atoms with Gasteiger partial charge in [0.05, 0.1) is 13.4 Å². The number of hydrogen-bond acceptors (Lipinski definition) is 5. The van der Waals surface area contributed by atoms with Crippen molar-refractivity contribution in [1.82, 2.24) is 9.21 Å². The predicted octanol–water partition coefficient (Wildman–Crippen LogP) is 1.86. The second kappa shape index (κ2) is 6.68. The average Bonchev–Trinajstić information content (AvgIpc) is 2.76. The summed E-state index contributed by atoms with van der Waals surface area (Å²) in [6, 6.07) is 5.42. The lowest BCUT2D eigenvalue weighted by atomic mass is 10.1. The van der Waals surface area contributed by atoms with Gasteiger partial charge in [0, 0.05) is 37.1 Å². The molecule has 0 atom stereocenters. The van der Waals surface area contributed by atoms with E-state index < -0.39 is 10.0 Å². The lowest BCUT2D eigenvalue weighted by molar-refractivity contribution is 0.0733. The van der Waals surface area contributed by atoms with Crippen molar-refractivity contribution >= 4 is 26.9 Å². The van der Waals surface area contributed by atoms with E-state index in [0.717, 1.165) is 10.9 Å². The zero-order valence-corrected chi connectivity index (χ0v) is 15.4. The van der Waals surface area contributed by atoms with Gasteiger partial charge >= 0.3 is 0 Å². The summed E-state index contributed by atoms with van der Waals surface area (Å²) in [5.74, 6) is 0.799. The first-order valence-corrected chi connectivity index (χ1v) is 9.97. The smallest absolute Gasteiger partial charge is 0.289 e. The number of sulfonamides is 1. The van der Waals surface area contributed by atoms with Gasteiger partial charge in [0.2, 0.25) is 10.0 Å². The largest absolute Gasteiger partial charge is 0.497 e. The second-order valence-corrected chi connectivity index (χ2v) is 8.21. The summed E-state index contributed by atoms with van der Waals surface area (Å²) in [6.07, 6.45) is 1.80. The summed E-state index contributed by atoms with van der Waals surface area (Å²) in [6.45, 7) is 3.44. The Morgan fingerprint density at radius 1 is 1.20 bits per heavy atom. The molecule has 2 aromatic rings. The van der Waals surface area contributed by atoms with E-state index in [2.05, 4.69) is 0 Å². The summed E-state index contributed by atoms with van der Waals surface area (Å²) in [5.41, 5.74) is 1.40. The fourth-order valence-corrected chi connectivity index (χ4v) is 3.98. The Morgan fingerprint density at radius 2 is 1.96 bits per heavy atom. The van der Waals surface area contributed by atoms with Crippen LogP contribution in [0.5, 0.6) is 5.75 Å². The van der Waals surface area contributed by atoms with E-state index in [9.17, 15) is 13.2 Å². The minimum absolute atomic E-state index is 0.206. The third kappa shape index (κ3) is 3.50. The summed E-state index contributed by atoms with van der Waals surface area (Å²) in [7, 11) is -1.65. The average molecular weight is 366 g/mol. The molecule has 0 radical (unpaired) electrons. The van der Waals surface area contributed by atoms with Crippen molar-refractivity contribution in [2.75, 3.05) is 39.5 Å². The SMILES string of the molecule is COc1ccc2oc(C(=O)N3CCCN(S(C)(=O)=O)CC3)c(C)c2c1. The third-order valence-electron chi connectivity index (χ3n) is 4.55. The molecule has 0 unspecified atom stereocenters. The molecule has 0 bridgehead atoms. The lowest BCUT2D eigenvalue weighted by Crippen LogP contribution is -2.37. The number of fused-ring (bicyclic) bond motifs is 1. The van der Waals surface area contributed by atoms with Crippen LogP contribution in [0.25, 0.3) is 11.0 Å². The Bertz CT molecular complexity index is 903. The molecule has 1 aliphatic rings. The van der Waals surface area contributed by atoms with Gasteiger partial charge in [-0.1, -0.05) is 0 Å². The maximum atomic E-state index is 12.9. The molecule has 1 fully saturated rings. The number of furan rings is 1. The van der Waals surface area contributed by atoms with Crippen molar-refractivity contribution in [3.8, 4) is 5.75 Å². The molecular weight excluding hydrogens is 344 g/mol. The van der Waals surface area contributed by atoms with Crippen molar-refractivity contribution < 1.29 is 22.4 Å². The van der Waals surface area contributed by atoms with Crippen LogP contribution in [0, 0.1) is 6.92 Å². The number of carbonyl (C=O) groups excluding carboxylic acids is 1. The molecule has 3 rings (SSSR count). The monoisotopic (exact) mass is 366 g/mol. The second-order valence-electron chi connectivity index (χ2n) is 6.23. The zero-order chi connectivity index (χ0) is 18.2. The van der Waals surface area contributed by atoms with Gasteiger partial charge in [-0.3, -0.25) is 4.79 Å². The molecule has 0 N–H and O–H groups in total. The fourth-order valence-electron chi connectivity index (χ4n) is 3.10. The number of aryl methyl sites for hydroxylation is 1. The van der Waals surface area contributed by atoms with Crippen molar-refractivity contribution in [3.63, 3.8) is 0 Å². The summed E-state index contributed by atoms with van der Waals surface area (Å²) >= 11 is 0. The van der Waals surface area contributed by atoms with Crippen molar-refractivity contribution in [2.24, 2.45) is 0 Å². The standard InChI is InChI=1S/C17H22N2O5S/c1-12-14-11-13(23-2)5-6-15(14)24-16(12)17(20)18-7-4-8-19(10-9-18)25(3,21)22/h5-6,11H,4,7-10H2,1-3H3. The van der Waals surface area contributed by atoms with Crippen LogP contribution in [0.1, 0.15) is 22.5 Å². The molecule has 1 amide bonds. The van der Waals surface area contributed by atoms with Crippen LogP contribution < -0.4 is 4.74 Å². The molecule has 7 nitrogen and oxygen atoms in total. The Hall–Kier alpha value is -2.06. The topological polar surface area (TPSA) is 80.1 Å². The Balaban J connectivity index is 1.86. The highest BCUT2D eigenvalue weighted by atomic mass is 32.2. The van der Waals surface area contributed by atoms with Crippen LogP contribution in [0.2, 0.25) is 0 Å². The Labute approximate surface area is 147 Å². The molecule has 1 saturated heterocycles. The minimum Gasteiger partial charge on any atom is -0.497 e. The first kappa shape index (κ1) is 17.8. The molecule has 1 aromatic heterocycles. The van der Waals surface area contributed by atoms with Crippen LogP contribution in [0.4, 0.5) is 0 Å². The molecule has 1 aromatic carbocycles. The lowest BCUT2D eigenvalue weighted by Gasteiger charge is -2.20. The van der Waals surface area contributed by atoms with Crippen molar-refractivity contribution in [3.05, 3.63) is 29.5 Å². The number of amides is 1. The van der Waals surface area contributed by atoms with E-state index in [1.807, 2.05) is 13.0 Å². The first-order valence-electron chi connectivity index (χ1n) is 8.13. The zero-order valence-electron chi connectivity index (χ0n) is 14.6. The highest BCUT2D eigenvalue weighted by molar-refractivity contribution is 7.88. The quantitative estimate of drug-likeness (QED) is 0.828. The Kier molecular flexibility index (Phi) is 4.75. The van der Waals surface area contributed by atoms with Crippen LogP contribution in [0.15, 0.2) is 22.6 Å². The molecular formula is C17H22N2O5S. The van der Waals surface area contributed by atoms with Crippen molar-refractivity contribution in [2.45, 2.75) is 13.3 Å². The van der Waals surface area contributed by atoms with Gasteiger partial charge in [0.1, 0.15) is 11.3 Å². The number of methoxy groups -OCH3 is 1. The van der Waals surface area contributed by atoms with Gasteiger partial charge in [0.15, 0.2) is 5.76 Å². The van der Waals surface area contributed by atoms with Gasteiger partial charge in [-0.25, -0.2) is 12.7 Å². The maximum Gasteiger partial charge on any atom is 0.289 e. The highest BCUT2D eigenvalue weighted by Crippen LogP contribution is 2.29. The molecule has 136 valence electrons. The minimum atomic E-state index is -3.24. The molecule has 0 aliphatic carbocycles. The van der Waals surface area contributed by atoms with Gasteiger partial charge in [0.25, 0.3) is 5.91 Å². The van der Waals surface area contributed by atoms with Gasteiger partial charge in [-0.15, -0.1) is 0 Å². The van der Waals surface area contributed by atoms with E-state index >= 15 is 0 Å². The van der Waals surface area contributed by atoms with E-state index in [-0.39, 0.29) is 5.91 Å². The van der Waals surface area contributed by atoms with E-state index in [4.69, 9.17) is 9.15 Å². The normalized spacial score (nSPS) is 16.8. The van der Waals surface area contributed by atoms with Crippen LogP contribution >= 0.6 is 0 Å². The first-order chi connectivity index (χ1) is 11.8. The number of carbonyl (C=O) groups is 1. The van der Waals surface area contributed by atoms with Crippen LogP contribution in [-0.4, -0.2) is 63.1 Å². The van der Waals surface area contributed by atoms with E-state index in [0.29, 0.717) is 49.7 Å². The Morgan fingerprint density at radius 3 is 2.64 bits per heavy atom. The summed E-state index contributed by atoms with van der Waals surface area (Å²) in [4.78, 5) is 14.5. The fraction of sp³-hybridized carbons (Fsp3) is 0.471. The van der Waals surface area contributed by atoms with Gasteiger partial charge < -0.3 is 14.1 Å². The molecule has 2 heterocycles. The molecule has 0 spiro atoms. The highest BCUT2D eigenvalue weighted by Gasteiger charge is 2.27. The summed E-state index contributed by atoms with van der Waals surface area (Å²) in [5, 5.41) is 0.843. The van der Waals surface area contributed by atoms with Crippen molar-refractivity contribution in [1.29, 1.82) is 0 Å². The number of hydrogen-bond donors (Lipinski definition) is 0.